The third-order valence-electron chi connectivity index (χ3n) is 3.38. The Hall–Kier alpha value is -0.120. The Morgan fingerprint density at radius 2 is 1.92 bits per heavy atom. The average molecular weight is 169 g/mol. The van der Waals surface area contributed by atoms with E-state index in [4.69, 9.17) is 11.5 Å². The van der Waals surface area contributed by atoms with Gasteiger partial charge in [-0.3, -0.25) is 0 Å². The van der Waals surface area contributed by atoms with Gasteiger partial charge in [0.25, 0.3) is 0 Å². The first-order valence-corrected chi connectivity index (χ1v) is 4.83. The van der Waals surface area contributed by atoms with Crippen molar-refractivity contribution in [2.24, 2.45) is 23.3 Å². The second-order valence-corrected chi connectivity index (χ2v) is 4.71. The smallest absolute Gasteiger partial charge is 0.0642 e. The molecule has 3 heteroatoms. The summed E-state index contributed by atoms with van der Waals surface area (Å²) in [6.45, 7) is 2.41. The Bertz CT molecular complexity index is 179. The summed E-state index contributed by atoms with van der Waals surface area (Å²) in [6.07, 6.45) is 3.34. The Labute approximate surface area is 74.1 Å². The fourth-order valence-electron chi connectivity index (χ4n) is 2.82. The monoisotopic (exact) mass is 169 g/mol. The highest BCUT2D eigenvalue weighted by Crippen LogP contribution is 2.39. The molecule has 2 fully saturated rings. The molecule has 0 aromatic carbocycles. The normalized spacial score (nSPS) is 41.2. The molecule has 0 radical (unpaired) electrons. The zero-order valence-electron chi connectivity index (χ0n) is 7.79. The zero-order valence-corrected chi connectivity index (χ0v) is 7.79. The molecule has 1 aliphatic carbocycles. The molecule has 70 valence electrons. The maximum absolute atomic E-state index is 5.94. The van der Waals surface area contributed by atoms with Gasteiger partial charge in [-0.15, -0.1) is 0 Å². The lowest BCUT2D eigenvalue weighted by Crippen LogP contribution is -2.47. The largest absolute Gasteiger partial charge is 0.313 e. The summed E-state index contributed by atoms with van der Waals surface area (Å²) < 4.78 is 0. The van der Waals surface area contributed by atoms with Crippen molar-refractivity contribution >= 4 is 0 Å². The van der Waals surface area contributed by atoms with Crippen molar-refractivity contribution in [2.75, 3.05) is 20.1 Å². The summed E-state index contributed by atoms with van der Waals surface area (Å²) in [5.41, 5.74) is 11.5. The number of hydrogen-bond donors (Lipinski definition) is 2. The molecular weight excluding hydrogens is 150 g/mol. The fraction of sp³-hybridized carbons (Fsp3) is 1.00. The van der Waals surface area contributed by atoms with Gasteiger partial charge in [-0.25, -0.2) is 0 Å². The van der Waals surface area contributed by atoms with E-state index in [2.05, 4.69) is 11.9 Å². The highest BCUT2D eigenvalue weighted by molar-refractivity contribution is 4.96. The van der Waals surface area contributed by atoms with Gasteiger partial charge >= 0.3 is 0 Å². The second-order valence-electron chi connectivity index (χ2n) is 4.71. The molecule has 0 bridgehead atoms. The first kappa shape index (κ1) is 8.48. The van der Waals surface area contributed by atoms with Crippen LogP contribution in [-0.4, -0.2) is 30.7 Å². The van der Waals surface area contributed by atoms with E-state index in [-0.39, 0.29) is 5.66 Å². The van der Waals surface area contributed by atoms with Gasteiger partial charge in [-0.1, -0.05) is 0 Å². The molecule has 4 N–H and O–H groups in total. The van der Waals surface area contributed by atoms with E-state index < -0.39 is 0 Å². The van der Waals surface area contributed by atoms with Crippen molar-refractivity contribution < 1.29 is 0 Å². The highest BCUT2D eigenvalue weighted by Gasteiger charge is 2.42. The van der Waals surface area contributed by atoms with E-state index in [0.29, 0.717) is 0 Å². The average Bonchev–Trinajstić information content (AvgIpc) is 2.21. The van der Waals surface area contributed by atoms with E-state index in [1.54, 1.807) is 0 Å². The number of hydrogen-bond acceptors (Lipinski definition) is 3. The number of likely N-dealkylation sites (tertiary alicyclic amines) is 1. The lowest BCUT2D eigenvalue weighted by Gasteiger charge is -2.31. The van der Waals surface area contributed by atoms with Gasteiger partial charge in [0.1, 0.15) is 0 Å². The van der Waals surface area contributed by atoms with Crippen LogP contribution in [0.25, 0.3) is 0 Å². The van der Waals surface area contributed by atoms with Crippen LogP contribution in [0.1, 0.15) is 19.3 Å². The molecule has 2 unspecified atom stereocenters. The summed E-state index contributed by atoms with van der Waals surface area (Å²) in [4.78, 5) is 2.39. The molecule has 0 spiro atoms. The van der Waals surface area contributed by atoms with E-state index >= 15 is 0 Å². The van der Waals surface area contributed by atoms with Gasteiger partial charge in [0.05, 0.1) is 5.66 Å². The van der Waals surface area contributed by atoms with Crippen molar-refractivity contribution in [3.63, 3.8) is 0 Å². The molecular formula is C9H19N3. The zero-order chi connectivity index (χ0) is 8.77. The summed E-state index contributed by atoms with van der Waals surface area (Å²) in [5, 5.41) is 0. The predicted octanol–water partition coefficient (Wildman–Crippen LogP) is -0.0382. The summed E-state index contributed by atoms with van der Waals surface area (Å²) >= 11 is 0. The summed E-state index contributed by atoms with van der Waals surface area (Å²) in [5.74, 6) is 1.56. The van der Waals surface area contributed by atoms with Crippen molar-refractivity contribution in [2.45, 2.75) is 24.9 Å². The third kappa shape index (κ3) is 1.49. The van der Waals surface area contributed by atoms with E-state index in [1.165, 1.54) is 19.5 Å². The van der Waals surface area contributed by atoms with Crippen LogP contribution in [0.5, 0.6) is 0 Å². The molecule has 2 rings (SSSR count). The molecule has 2 atom stereocenters. The van der Waals surface area contributed by atoms with E-state index in [9.17, 15) is 0 Å². The van der Waals surface area contributed by atoms with Crippen LogP contribution in [0.4, 0.5) is 0 Å². The minimum Gasteiger partial charge on any atom is -0.313 e. The van der Waals surface area contributed by atoms with Gasteiger partial charge in [0.15, 0.2) is 0 Å². The quantitative estimate of drug-likeness (QED) is 0.500. The molecule has 0 aromatic heterocycles. The van der Waals surface area contributed by atoms with E-state index in [1.807, 2.05) is 0 Å². The van der Waals surface area contributed by atoms with Gasteiger partial charge in [-0.05, 0) is 44.7 Å². The van der Waals surface area contributed by atoms with Gasteiger partial charge < -0.3 is 16.4 Å². The van der Waals surface area contributed by atoms with Crippen LogP contribution in [-0.2, 0) is 0 Å². The van der Waals surface area contributed by atoms with Crippen molar-refractivity contribution in [3.05, 3.63) is 0 Å². The Morgan fingerprint density at radius 3 is 2.67 bits per heavy atom. The summed E-state index contributed by atoms with van der Waals surface area (Å²) in [7, 11) is 2.18. The van der Waals surface area contributed by atoms with Crippen LogP contribution >= 0.6 is 0 Å². The highest BCUT2D eigenvalue weighted by atomic mass is 15.1. The van der Waals surface area contributed by atoms with Gasteiger partial charge in [-0.2, -0.15) is 0 Å². The lowest BCUT2D eigenvalue weighted by molar-refractivity contribution is 0.166. The molecule has 1 saturated carbocycles. The number of fused-ring (bicyclic) bond motifs is 1. The number of piperidine rings is 1. The topological polar surface area (TPSA) is 55.3 Å². The molecule has 3 nitrogen and oxygen atoms in total. The standard InChI is InChI=1S/C9H19N3/c1-12-3-2-7-4-9(10,11)5-8(7)6-12/h7-8H,2-6,10-11H2,1H3. The van der Waals surface area contributed by atoms with Crippen LogP contribution in [0, 0.1) is 11.8 Å². The number of nitrogens with two attached hydrogens (primary N) is 2. The van der Waals surface area contributed by atoms with Crippen LogP contribution in [0.15, 0.2) is 0 Å². The third-order valence-corrected chi connectivity index (χ3v) is 3.38. The SMILES string of the molecule is CN1CCC2CC(N)(N)CC2C1. The minimum atomic E-state index is -0.361. The van der Waals surface area contributed by atoms with E-state index in [0.717, 1.165) is 24.7 Å². The van der Waals surface area contributed by atoms with Crippen LogP contribution in [0.2, 0.25) is 0 Å². The predicted molar refractivity (Wildman–Crippen MR) is 49.4 cm³/mol. The molecule has 1 aliphatic heterocycles. The lowest BCUT2D eigenvalue weighted by atomic mass is 9.89. The van der Waals surface area contributed by atoms with Crippen molar-refractivity contribution in [1.29, 1.82) is 0 Å². The number of rotatable bonds is 0. The fourth-order valence-corrected chi connectivity index (χ4v) is 2.82. The van der Waals surface area contributed by atoms with Gasteiger partial charge in [0, 0.05) is 6.54 Å². The maximum Gasteiger partial charge on any atom is 0.0642 e. The maximum atomic E-state index is 5.94. The first-order valence-electron chi connectivity index (χ1n) is 4.83. The van der Waals surface area contributed by atoms with Crippen LogP contribution < -0.4 is 11.5 Å². The molecule has 0 aromatic rings. The van der Waals surface area contributed by atoms with Gasteiger partial charge in [0.2, 0.25) is 0 Å². The Balaban J connectivity index is 2.02. The Kier molecular flexibility index (Phi) is 1.90. The number of nitrogens with zero attached hydrogens (tertiary/aromatic N) is 1. The molecule has 12 heavy (non-hydrogen) atoms. The minimum absolute atomic E-state index is 0.361. The molecule has 1 heterocycles. The Morgan fingerprint density at radius 1 is 1.25 bits per heavy atom. The first-order chi connectivity index (χ1) is 5.57. The summed E-state index contributed by atoms with van der Waals surface area (Å²) in [6, 6.07) is 0. The van der Waals surface area contributed by atoms with Crippen LogP contribution in [0.3, 0.4) is 0 Å². The second kappa shape index (κ2) is 2.69. The van der Waals surface area contributed by atoms with Crippen molar-refractivity contribution in [3.8, 4) is 0 Å². The molecule has 2 aliphatic rings. The van der Waals surface area contributed by atoms with Crippen molar-refractivity contribution in [1.82, 2.24) is 4.90 Å². The molecule has 0 amide bonds. The molecule has 1 saturated heterocycles.